The van der Waals surface area contributed by atoms with E-state index in [0.717, 1.165) is 12.0 Å². The highest BCUT2D eigenvalue weighted by atomic mass is 32.2. The van der Waals surface area contributed by atoms with Gasteiger partial charge in [0.15, 0.2) is 0 Å². The number of rotatable bonds is 7. The zero-order valence-corrected chi connectivity index (χ0v) is 11.1. The van der Waals surface area contributed by atoms with Crippen LogP contribution in [0, 0.1) is 0 Å². The van der Waals surface area contributed by atoms with Crippen molar-refractivity contribution in [1.29, 1.82) is 0 Å². The van der Waals surface area contributed by atoms with Crippen molar-refractivity contribution in [3.05, 3.63) is 35.9 Å². The van der Waals surface area contributed by atoms with Gasteiger partial charge in [0.05, 0.1) is 0 Å². The predicted octanol–water partition coefficient (Wildman–Crippen LogP) is 2.97. The fourth-order valence-corrected chi connectivity index (χ4v) is 1.40. The van der Waals surface area contributed by atoms with Gasteiger partial charge >= 0.3 is 0 Å². The number of amides is 1. The first kappa shape index (κ1) is 16.0. The Kier molecular flexibility index (Phi) is 12.3. The Balaban J connectivity index is 0.000000325. The quantitative estimate of drug-likeness (QED) is 0.447. The molecule has 17 heavy (non-hydrogen) atoms. The lowest BCUT2D eigenvalue weighted by atomic mass is 10.1. The minimum absolute atomic E-state index is 0.532. The van der Waals surface area contributed by atoms with Gasteiger partial charge in [0.25, 0.3) is 0 Å². The molecule has 4 heteroatoms. The molecule has 0 fully saturated rings. The molecular weight excluding hydrogens is 234 g/mol. The summed E-state index contributed by atoms with van der Waals surface area (Å²) in [4.78, 5) is 9.48. The third kappa shape index (κ3) is 11.3. The summed E-state index contributed by atoms with van der Waals surface area (Å²) in [5.41, 5.74) is 1.46. The van der Waals surface area contributed by atoms with E-state index in [0.29, 0.717) is 18.7 Å². The second-order valence-electron chi connectivity index (χ2n) is 3.49. The van der Waals surface area contributed by atoms with Crippen LogP contribution in [0.1, 0.15) is 25.3 Å². The normalized spacial score (nSPS) is 9.06. The molecule has 1 amide bonds. The first-order valence-electron chi connectivity index (χ1n) is 5.82. The molecule has 2 N–H and O–H groups in total. The average Bonchev–Trinajstić information content (AvgIpc) is 2.39. The molecule has 0 unspecified atom stereocenters. The number of nitrogens with one attached hydrogen (secondary N) is 1. The average molecular weight is 255 g/mol. The topological polar surface area (TPSA) is 49.3 Å². The molecule has 1 aromatic carbocycles. The molecule has 0 atom stereocenters. The summed E-state index contributed by atoms with van der Waals surface area (Å²) in [6.45, 7) is 2.76. The molecule has 0 saturated carbocycles. The molecule has 0 spiro atoms. The van der Waals surface area contributed by atoms with Gasteiger partial charge in [-0.15, -0.1) is 0 Å². The van der Waals surface area contributed by atoms with E-state index in [1.807, 2.05) is 0 Å². The Bertz CT molecular complexity index is 267. The van der Waals surface area contributed by atoms with Crippen molar-refractivity contribution in [3.63, 3.8) is 0 Å². The lowest BCUT2D eigenvalue weighted by Crippen LogP contribution is -2.13. The maximum absolute atomic E-state index is 9.48. The fourth-order valence-electron chi connectivity index (χ4n) is 1.19. The molecule has 0 aliphatic rings. The van der Waals surface area contributed by atoms with Gasteiger partial charge in [0.2, 0.25) is 6.41 Å². The Morgan fingerprint density at radius 2 is 2.06 bits per heavy atom. The highest BCUT2D eigenvalue weighted by Crippen LogP contribution is 2.03. The van der Waals surface area contributed by atoms with Crippen molar-refractivity contribution < 1.29 is 9.35 Å². The molecule has 1 aromatic rings. The summed E-state index contributed by atoms with van der Waals surface area (Å²) in [6, 6.07) is 10.6. The van der Waals surface area contributed by atoms with Gasteiger partial charge in [-0.25, -0.2) is 0 Å². The maximum Gasteiger partial charge on any atom is 0.207 e. The first-order chi connectivity index (χ1) is 8.35. The second-order valence-corrected chi connectivity index (χ2v) is 4.16. The van der Waals surface area contributed by atoms with E-state index in [4.69, 9.17) is 4.55 Å². The van der Waals surface area contributed by atoms with Crippen LogP contribution in [0.4, 0.5) is 0 Å². The third-order valence-corrected chi connectivity index (χ3v) is 2.47. The summed E-state index contributed by atoms with van der Waals surface area (Å²) in [6.07, 6.45) is 4.44. The van der Waals surface area contributed by atoms with Crippen LogP contribution in [0.2, 0.25) is 0 Å². The van der Waals surface area contributed by atoms with E-state index in [9.17, 15) is 4.79 Å². The maximum atomic E-state index is 9.48. The lowest BCUT2D eigenvalue weighted by molar-refractivity contribution is -0.109. The summed E-state index contributed by atoms with van der Waals surface area (Å²) in [5, 5.41) is 2.39. The molecule has 0 heterocycles. The first-order valence-corrected chi connectivity index (χ1v) is 6.76. The largest absolute Gasteiger partial charge is 0.358 e. The zero-order valence-electron chi connectivity index (χ0n) is 10.3. The van der Waals surface area contributed by atoms with Crippen molar-refractivity contribution >= 4 is 18.5 Å². The molecule has 0 bridgehead atoms. The van der Waals surface area contributed by atoms with Gasteiger partial charge < -0.3 is 9.87 Å². The number of hydrogen-bond donors (Lipinski definition) is 2. The van der Waals surface area contributed by atoms with Gasteiger partial charge in [-0.2, -0.15) is 0 Å². The number of carbonyl (C=O) groups is 1. The zero-order chi connectivity index (χ0) is 12.8. The number of hydrogen-bond acceptors (Lipinski definition) is 3. The fraction of sp³-hybridized carbons (Fsp3) is 0.462. The standard InChI is InChI=1S/C10H14.C3H7NO2S/c1-2-3-7-10-8-5-4-6-9-10;5-3-4-1-2-7-6/h4-6,8-9H,2-3,7H2,1H3;3,6H,1-2H2,(H,4,5). The van der Waals surface area contributed by atoms with Gasteiger partial charge in [-0.05, 0) is 30.4 Å². The van der Waals surface area contributed by atoms with Crippen LogP contribution < -0.4 is 5.32 Å². The van der Waals surface area contributed by atoms with Gasteiger partial charge in [0.1, 0.15) is 0 Å². The summed E-state index contributed by atoms with van der Waals surface area (Å²) in [5.74, 6) is 0.554. The SMILES string of the molecule is CCCCc1ccccc1.O=CNCCSO. The van der Waals surface area contributed by atoms with Crippen molar-refractivity contribution in [1.82, 2.24) is 5.32 Å². The van der Waals surface area contributed by atoms with Crippen molar-refractivity contribution in [2.45, 2.75) is 26.2 Å². The molecule has 3 nitrogen and oxygen atoms in total. The Hall–Kier alpha value is -1.000. The van der Waals surface area contributed by atoms with Crippen LogP contribution in [0.15, 0.2) is 30.3 Å². The molecule has 0 saturated heterocycles. The minimum Gasteiger partial charge on any atom is -0.358 e. The Labute approximate surface area is 108 Å². The van der Waals surface area contributed by atoms with E-state index in [2.05, 4.69) is 42.6 Å². The molecule has 0 radical (unpaired) electrons. The molecule has 0 aliphatic heterocycles. The molecular formula is C13H21NO2S. The van der Waals surface area contributed by atoms with Crippen LogP contribution in [0.25, 0.3) is 0 Å². The van der Waals surface area contributed by atoms with Crippen LogP contribution in [-0.4, -0.2) is 23.3 Å². The van der Waals surface area contributed by atoms with E-state index in [1.165, 1.54) is 24.8 Å². The van der Waals surface area contributed by atoms with Crippen LogP contribution in [0.5, 0.6) is 0 Å². The number of carbonyl (C=O) groups excluding carboxylic acids is 1. The lowest BCUT2D eigenvalue weighted by Gasteiger charge is -1.96. The molecule has 0 aliphatic carbocycles. The minimum atomic E-state index is 0.532. The van der Waals surface area contributed by atoms with E-state index in [-0.39, 0.29) is 0 Å². The van der Waals surface area contributed by atoms with E-state index >= 15 is 0 Å². The molecule has 0 aromatic heterocycles. The van der Waals surface area contributed by atoms with Crippen LogP contribution in [0.3, 0.4) is 0 Å². The smallest absolute Gasteiger partial charge is 0.207 e. The Morgan fingerprint density at radius 3 is 2.59 bits per heavy atom. The number of aryl methyl sites for hydroxylation is 1. The van der Waals surface area contributed by atoms with E-state index in [1.54, 1.807) is 0 Å². The summed E-state index contributed by atoms with van der Waals surface area (Å²) >= 11 is 0.720. The second kappa shape index (κ2) is 13.1. The monoisotopic (exact) mass is 255 g/mol. The number of unbranched alkanes of at least 4 members (excludes halogenated alkanes) is 1. The van der Waals surface area contributed by atoms with E-state index < -0.39 is 0 Å². The van der Waals surface area contributed by atoms with Crippen molar-refractivity contribution in [2.75, 3.05) is 12.3 Å². The van der Waals surface area contributed by atoms with Gasteiger partial charge in [-0.1, -0.05) is 43.7 Å². The van der Waals surface area contributed by atoms with Crippen LogP contribution >= 0.6 is 12.0 Å². The summed E-state index contributed by atoms with van der Waals surface area (Å²) < 4.78 is 8.05. The van der Waals surface area contributed by atoms with Gasteiger partial charge in [0, 0.05) is 12.3 Å². The number of benzene rings is 1. The highest BCUT2D eigenvalue weighted by Gasteiger charge is 1.87. The van der Waals surface area contributed by atoms with Crippen LogP contribution in [-0.2, 0) is 11.2 Å². The molecule has 1 rings (SSSR count). The van der Waals surface area contributed by atoms with Crippen molar-refractivity contribution in [3.8, 4) is 0 Å². The third-order valence-electron chi connectivity index (χ3n) is 2.08. The van der Waals surface area contributed by atoms with Gasteiger partial charge in [-0.3, -0.25) is 4.79 Å². The van der Waals surface area contributed by atoms with Crippen molar-refractivity contribution in [2.24, 2.45) is 0 Å². The summed E-state index contributed by atoms with van der Waals surface area (Å²) in [7, 11) is 0. The highest BCUT2D eigenvalue weighted by molar-refractivity contribution is 7.93. The molecule has 96 valence electrons. The Morgan fingerprint density at radius 1 is 1.35 bits per heavy atom. The predicted molar refractivity (Wildman–Crippen MR) is 74.2 cm³/mol.